The fourth-order valence-electron chi connectivity index (χ4n) is 0.601. The molecule has 0 aliphatic rings. The van der Waals surface area contributed by atoms with E-state index in [1.165, 1.54) is 0 Å². The van der Waals surface area contributed by atoms with Gasteiger partial charge in [0.1, 0.15) is 31.1 Å². The van der Waals surface area contributed by atoms with Crippen LogP contribution in [-0.4, -0.2) is 57.8 Å². The number of hydrogen-bond donors (Lipinski definition) is 4. The predicted molar refractivity (Wildman–Crippen MR) is 36.1 cm³/mol. The molecule has 0 aromatic carbocycles. The summed E-state index contributed by atoms with van der Waals surface area (Å²) < 4.78 is 11.7. The van der Waals surface area contributed by atoms with Crippen LogP contribution in [-0.2, 0) is 4.79 Å². The number of carbonyl (C=O) groups is 1. The summed E-state index contributed by atoms with van der Waals surface area (Å²) in [7, 11) is 0. The third-order valence-electron chi connectivity index (χ3n) is 1.39. The number of aliphatic hydroxyl groups is 4. The van der Waals surface area contributed by atoms with E-state index in [0.29, 0.717) is 0 Å². The van der Waals surface area contributed by atoms with Crippen LogP contribution in [0, 0.1) is 0 Å². The zero-order chi connectivity index (χ0) is 9.72. The van der Waals surface area contributed by atoms with Gasteiger partial charge in [0.05, 0.1) is 0 Å². The van der Waals surface area contributed by atoms with Gasteiger partial charge in [-0.25, -0.2) is 4.39 Å². The molecule has 0 radical (unpaired) electrons. The maximum absolute atomic E-state index is 11.7. The molecule has 0 aliphatic heterocycles. The number of carbonyl (C=O) groups excluding carboxylic acids is 1. The van der Waals surface area contributed by atoms with Crippen LogP contribution in [0.2, 0.25) is 0 Å². The molecule has 6 heteroatoms. The molecule has 0 saturated carbocycles. The second kappa shape index (κ2) is 5.15. The predicted octanol–water partition coefficient (Wildman–Crippen LogP) is -2.40. The molecule has 0 bridgehead atoms. The van der Waals surface area contributed by atoms with Crippen LogP contribution in [0.3, 0.4) is 0 Å². The highest BCUT2D eigenvalue weighted by molar-refractivity contribution is 5.56. The Morgan fingerprint density at radius 2 is 1.67 bits per heavy atom. The zero-order valence-corrected chi connectivity index (χ0v) is 6.17. The average Bonchev–Trinajstić information content (AvgIpc) is 2.12. The Hall–Kier alpha value is -0.560. The molecule has 0 amide bonds. The molecule has 0 heterocycles. The van der Waals surface area contributed by atoms with Crippen LogP contribution < -0.4 is 0 Å². The smallest absolute Gasteiger partial charge is 0.151 e. The minimum absolute atomic E-state index is 0.0150. The summed E-state index contributed by atoms with van der Waals surface area (Å²) in [6, 6.07) is 0. The van der Waals surface area contributed by atoms with Gasteiger partial charge < -0.3 is 25.2 Å². The van der Waals surface area contributed by atoms with E-state index in [9.17, 15) is 9.18 Å². The van der Waals surface area contributed by atoms with E-state index in [-0.39, 0.29) is 6.29 Å². The topological polar surface area (TPSA) is 98.0 Å². The molecular weight excluding hydrogens is 170 g/mol. The molecule has 0 spiro atoms. The molecule has 4 N–H and O–H groups in total. The lowest BCUT2D eigenvalue weighted by Crippen LogP contribution is -2.45. The van der Waals surface area contributed by atoms with Crippen molar-refractivity contribution in [2.24, 2.45) is 0 Å². The summed E-state index contributed by atoms with van der Waals surface area (Å²) in [5, 5.41) is 34.9. The first-order valence-electron chi connectivity index (χ1n) is 3.28. The highest BCUT2D eigenvalue weighted by Crippen LogP contribution is 2.04. The lowest BCUT2D eigenvalue weighted by Gasteiger charge is -2.21. The summed E-state index contributed by atoms with van der Waals surface area (Å²) >= 11 is 0. The van der Waals surface area contributed by atoms with Gasteiger partial charge in [-0.2, -0.15) is 0 Å². The van der Waals surface area contributed by atoms with Crippen molar-refractivity contribution in [1.29, 1.82) is 0 Å². The highest BCUT2D eigenvalue weighted by Gasteiger charge is 2.29. The number of alkyl halides is 1. The monoisotopic (exact) mass is 181 g/mol. The first-order chi connectivity index (χ1) is 5.54. The molecule has 0 fully saturated rings. The van der Waals surface area contributed by atoms with Gasteiger partial charge in [-0.1, -0.05) is 0 Å². The second-order valence-electron chi connectivity index (χ2n) is 2.33. The zero-order valence-electron chi connectivity index (χ0n) is 6.17. The molecule has 72 valence electrons. The van der Waals surface area contributed by atoms with E-state index in [1.54, 1.807) is 0 Å². The first-order valence-corrected chi connectivity index (χ1v) is 3.28. The van der Waals surface area contributed by atoms with Gasteiger partial charge in [0.15, 0.2) is 6.29 Å². The van der Waals surface area contributed by atoms with Crippen LogP contribution in [0.5, 0.6) is 0 Å². The minimum Gasteiger partial charge on any atom is -0.388 e. The summed E-state index contributed by atoms with van der Waals surface area (Å²) in [4.78, 5) is 9.87. The molecule has 5 nitrogen and oxygen atoms in total. The molecule has 0 aromatic rings. The summed E-state index contributed by atoms with van der Waals surface area (Å²) in [5.74, 6) is 0. The quantitative estimate of drug-likeness (QED) is 0.354. The van der Waals surface area contributed by atoms with Crippen molar-refractivity contribution in [3.63, 3.8) is 0 Å². The van der Waals surface area contributed by atoms with Crippen molar-refractivity contribution >= 4 is 6.29 Å². The summed E-state index contributed by atoms with van der Waals surface area (Å²) in [6.07, 6.45) is -7.36. The molecule has 12 heavy (non-hydrogen) atoms. The SMILES string of the molecule is O=C[C@H](O)[C@@H](O)[C@H](O)[C@H](O)C[18F]. The van der Waals surface area contributed by atoms with E-state index in [0.717, 1.165) is 0 Å². The van der Waals surface area contributed by atoms with Crippen molar-refractivity contribution in [1.82, 2.24) is 0 Å². The summed E-state index contributed by atoms with van der Waals surface area (Å²) in [5.41, 5.74) is 0. The summed E-state index contributed by atoms with van der Waals surface area (Å²) in [6.45, 7) is -1.26. The molecule has 0 aromatic heterocycles. The van der Waals surface area contributed by atoms with Crippen LogP contribution >= 0.6 is 0 Å². The Bertz CT molecular complexity index is 142. The fraction of sp³-hybridized carbons (Fsp3) is 0.833. The van der Waals surface area contributed by atoms with Crippen molar-refractivity contribution < 1.29 is 29.6 Å². The normalized spacial score (nSPS) is 21.1. The molecule has 4 atom stereocenters. The Kier molecular flexibility index (Phi) is 4.91. The van der Waals surface area contributed by atoms with Gasteiger partial charge in [-0.05, 0) is 0 Å². The third-order valence-corrected chi connectivity index (χ3v) is 1.39. The lowest BCUT2D eigenvalue weighted by atomic mass is 10.0. The average molecular weight is 181 g/mol. The maximum Gasteiger partial charge on any atom is 0.151 e. The van der Waals surface area contributed by atoms with Crippen molar-refractivity contribution in [2.75, 3.05) is 6.67 Å². The maximum atomic E-state index is 11.7. The number of hydrogen-bond acceptors (Lipinski definition) is 5. The fourth-order valence-corrected chi connectivity index (χ4v) is 0.601. The van der Waals surface area contributed by atoms with Crippen LogP contribution in [0.15, 0.2) is 0 Å². The van der Waals surface area contributed by atoms with Gasteiger partial charge in [0.2, 0.25) is 0 Å². The van der Waals surface area contributed by atoms with E-state index in [1.807, 2.05) is 0 Å². The number of aliphatic hydroxyl groups excluding tert-OH is 4. The van der Waals surface area contributed by atoms with E-state index in [4.69, 9.17) is 20.4 Å². The van der Waals surface area contributed by atoms with Gasteiger partial charge in [0.25, 0.3) is 0 Å². The Morgan fingerprint density at radius 1 is 1.17 bits per heavy atom. The van der Waals surface area contributed by atoms with Crippen molar-refractivity contribution in [3.05, 3.63) is 0 Å². The third kappa shape index (κ3) is 2.82. The molecule has 0 rings (SSSR count). The van der Waals surface area contributed by atoms with Crippen LogP contribution in [0.25, 0.3) is 0 Å². The van der Waals surface area contributed by atoms with Crippen molar-refractivity contribution in [3.8, 4) is 0 Å². The van der Waals surface area contributed by atoms with Crippen molar-refractivity contribution in [2.45, 2.75) is 24.4 Å². The minimum atomic E-state index is -1.87. The van der Waals surface area contributed by atoms with Crippen LogP contribution in [0.1, 0.15) is 0 Å². The van der Waals surface area contributed by atoms with E-state index >= 15 is 0 Å². The molecular formula is C6H11FO5. The molecule has 0 saturated heterocycles. The standard InChI is InChI=1S/C6H11FO5/c7-1-3(9)5(11)6(12)4(10)2-8/h2-6,9-12H,1H2/t3-,4+,5-,6-/m1/s1/i7-1. The first kappa shape index (κ1) is 11.4. The van der Waals surface area contributed by atoms with Gasteiger partial charge >= 0.3 is 0 Å². The number of aldehydes is 1. The Balaban J connectivity index is 4.07. The largest absolute Gasteiger partial charge is 0.388 e. The second-order valence-corrected chi connectivity index (χ2v) is 2.33. The van der Waals surface area contributed by atoms with E-state index < -0.39 is 31.1 Å². The number of rotatable bonds is 5. The van der Waals surface area contributed by atoms with Crippen LogP contribution in [0.4, 0.5) is 4.39 Å². The van der Waals surface area contributed by atoms with E-state index in [2.05, 4.69) is 0 Å². The lowest BCUT2D eigenvalue weighted by molar-refractivity contribution is -0.134. The highest BCUT2D eigenvalue weighted by atomic mass is 18.2. The molecule has 0 aliphatic carbocycles. The molecule has 0 unspecified atom stereocenters. The van der Waals surface area contributed by atoms with Gasteiger partial charge in [-0.15, -0.1) is 0 Å². The van der Waals surface area contributed by atoms with Gasteiger partial charge in [-0.3, -0.25) is 0 Å². The Morgan fingerprint density at radius 3 is 2.00 bits per heavy atom. The Labute approximate surface area is 68.1 Å². The van der Waals surface area contributed by atoms with Gasteiger partial charge in [0, 0.05) is 0 Å². The number of halogens is 1.